The van der Waals surface area contributed by atoms with Crippen LogP contribution in [0.25, 0.3) is 15.3 Å². The monoisotopic (exact) mass is 306 g/mol. The number of nitrogens with zero attached hydrogens (tertiary/aromatic N) is 2. The van der Waals surface area contributed by atoms with Crippen LogP contribution < -0.4 is 10.3 Å². The Hall–Kier alpha value is -1.84. The van der Waals surface area contributed by atoms with E-state index in [4.69, 9.17) is 4.74 Å². The number of fused-ring (bicyclic) bond motifs is 1. The molecule has 5 heteroatoms. The van der Waals surface area contributed by atoms with Crippen LogP contribution in [-0.2, 0) is 0 Å². The summed E-state index contributed by atoms with van der Waals surface area (Å²) < 4.78 is 8.01. The summed E-state index contributed by atoms with van der Waals surface area (Å²) in [4.78, 5) is 16.4. The predicted octanol–water partition coefficient (Wildman–Crippen LogP) is 1.45. The second-order valence-corrected chi connectivity index (χ2v) is 5.84. The van der Waals surface area contributed by atoms with Crippen molar-refractivity contribution in [1.82, 2.24) is 8.55 Å². The Bertz CT molecular complexity index is 761. The van der Waals surface area contributed by atoms with E-state index in [-0.39, 0.29) is 20.3 Å². The molecule has 90 valence electrons. The summed E-state index contributed by atoms with van der Waals surface area (Å²) in [6.45, 7) is 0. The predicted molar refractivity (Wildman–Crippen MR) is 70.8 cm³/mol. The van der Waals surface area contributed by atoms with Gasteiger partial charge >= 0.3 is 109 Å². The van der Waals surface area contributed by atoms with E-state index in [0.717, 1.165) is 15.3 Å². The molecule has 0 bridgehead atoms. The van der Waals surface area contributed by atoms with E-state index < -0.39 is 0 Å². The van der Waals surface area contributed by atoms with Crippen LogP contribution in [0.2, 0.25) is 0 Å². The molecule has 0 amide bonds. The molecule has 0 saturated heterocycles. The van der Waals surface area contributed by atoms with E-state index in [1.165, 1.54) is 0 Å². The zero-order chi connectivity index (χ0) is 12.5. The normalized spacial score (nSPS) is 10.7. The van der Waals surface area contributed by atoms with E-state index in [9.17, 15) is 4.79 Å². The molecule has 0 fully saturated rings. The standard InChI is InChI=1S/C13H10N2O2Se/c1-17-10-6-9(7-14-8-10)15-13(16)11-4-2-3-5-12(11)18-15/h2-8H,1H3. The van der Waals surface area contributed by atoms with Crippen molar-refractivity contribution in [3.05, 3.63) is 53.1 Å². The van der Waals surface area contributed by atoms with Gasteiger partial charge in [-0.25, -0.2) is 0 Å². The molecule has 0 N–H and O–H groups in total. The van der Waals surface area contributed by atoms with Gasteiger partial charge in [-0.3, -0.25) is 0 Å². The molecule has 0 spiro atoms. The minimum atomic E-state index is -0.0261. The number of benzene rings is 1. The summed E-state index contributed by atoms with van der Waals surface area (Å²) in [5.41, 5.74) is 0.830. The first-order valence-electron chi connectivity index (χ1n) is 5.40. The number of ether oxygens (including phenoxy) is 1. The van der Waals surface area contributed by atoms with Gasteiger partial charge in [-0.2, -0.15) is 0 Å². The van der Waals surface area contributed by atoms with Crippen LogP contribution >= 0.6 is 0 Å². The van der Waals surface area contributed by atoms with E-state index in [1.807, 2.05) is 30.3 Å². The molecule has 18 heavy (non-hydrogen) atoms. The number of aromatic nitrogens is 2. The second kappa shape index (κ2) is 4.44. The van der Waals surface area contributed by atoms with Gasteiger partial charge in [0.05, 0.1) is 0 Å². The number of hydrogen-bond acceptors (Lipinski definition) is 3. The van der Waals surface area contributed by atoms with Crippen LogP contribution in [0.4, 0.5) is 0 Å². The quantitative estimate of drug-likeness (QED) is 0.673. The van der Waals surface area contributed by atoms with Crippen LogP contribution in [0.15, 0.2) is 47.5 Å². The fourth-order valence-corrected chi connectivity index (χ4v) is 3.82. The number of rotatable bonds is 2. The Morgan fingerprint density at radius 3 is 2.89 bits per heavy atom. The molecule has 1 aromatic carbocycles. The van der Waals surface area contributed by atoms with Crippen LogP contribution in [0, 0.1) is 0 Å². The van der Waals surface area contributed by atoms with E-state index in [1.54, 1.807) is 23.1 Å². The molecule has 0 saturated carbocycles. The fourth-order valence-electron chi connectivity index (χ4n) is 1.77. The first-order chi connectivity index (χ1) is 8.79. The topological polar surface area (TPSA) is 44.1 Å². The number of methoxy groups -OCH3 is 1. The zero-order valence-corrected chi connectivity index (χ0v) is 11.4. The second-order valence-electron chi connectivity index (χ2n) is 3.77. The number of pyridine rings is 1. The van der Waals surface area contributed by atoms with Gasteiger partial charge < -0.3 is 0 Å². The van der Waals surface area contributed by atoms with Crippen LogP contribution in [0.5, 0.6) is 5.75 Å². The number of hydrogen-bond donors (Lipinski definition) is 0. The Morgan fingerprint density at radius 1 is 1.28 bits per heavy atom. The average molecular weight is 305 g/mol. The Morgan fingerprint density at radius 2 is 2.11 bits per heavy atom. The van der Waals surface area contributed by atoms with Gasteiger partial charge in [0.15, 0.2) is 0 Å². The van der Waals surface area contributed by atoms with Gasteiger partial charge in [0.25, 0.3) is 0 Å². The van der Waals surface area contributed by atoms with Crippen molar-refractivity contribution in [2.45, 2.75) is 0 Å². The summed E-state index contributed by atoms with van der Waals surface area (Å²) in [6, 6.07) is 9.55. The van der Waals surface area contributed by atoms with Gasteiger partial charge in [-0.15, -0.1) is 0 Å². The van der Waals surface area contributed by atoms with Gasteiger partial charge in [0.2, 0.25) is 0 Å². The third kappa shape index (κ3) is 1.78. The van der Waals surface area contributed by atoms with Gasteiger partial charge in [0, 0.05) is 0 Å². The van der Waals surface area contributed by atoms with Crippen molar-refractivity contribution in [3.8, 4) is 11.4 Å². The first-order valence-corrected chi connectivity index (χ1v) is 7.02. The summed E-state index contributed by atoms with van der Waals surface area (Å²) in [5.74, 6) is 0.659. The molecular weight excluding hydrogens is 295 g/mol. The molecule has 0 aliphatic rings. The Kier molecular flexibility index (Phi) is 2.78. The molecule has 0 radical (unpaired) electrons. The average Bonchev–Trinajstić information content (AvgIpc) is 2.77. The van der Waals surface area contributed by atoms with Crippen molar-refractivity contribution in [2.75, 3.05) is 7.11 Å². The SMILES string of the molecule is COc1cncc(-n2[se]c3ccccc3c2=O)c1. The molecule has 0 aliphatic carbocycles. The Labute approximate surface area is 109 Å². The third-order valence-electron chi connectivity index (χ3n) is 2.66. The van der Waals surface area contributed by atoms with Crippen LogP contribution in [-0.4, -0.2) is 30.4 Å². The molecular formula is C13H10N2O2Se. The Balaban J connectivity index is 2.25. The molecule has 3 aromatic rings. The van der Waals surface area contributed by atoms with E-state index in [2.05, 4.69) is 4.98 Å². The molecule has 2 aromatic heterocycles. The van der Waals surface area contributed by atoms with E-state index in [0.29, 0.717) is 5.75 Å². The van der Waals surface area contributed by atoms with Crippen molar-refractivity contribution >= 4 is 24.4 Å². The fraction of sp³-hybridized carbons (Fsp3) is 0.0769. The molecule has 0 unspecified atom stereocenters. The zero-order valence-electron chi connectivity index (χ0n) is 9.66. The van der Waals surface area contributed by atoms with E-state index >= 15 is 0 Å². The third-order valence-corrected chi connectivity index (χ3v) is 4.99. The maximum atomic E-state index is 12.3. The molecule has 0 atom stereocenters. The molecule has 4 nitrogen and oxygen atoms in total. The summed E-state index contributed by atoms with van der Waals surface area (Å²) in [5, 5.41) is 0.792. The minimum absolute atomic E-state index is 0.0261. The van der Waals surface area contributed by atoms with Crippen molar-refractivity contribution in [2.24, 2.45) is 0 Å². The summed E-state index contributed by atoms with van der Waals surface area (Å²) in [6.07, 6.45) is 3.32. The van der Waals surface area contributed by atoms with Crippen molar-refractivity contribution in [3.63, 3.8) is 0 Å². The van der Waals surface area contributed by atoms with Crippen molar-refractivity contribution < 1.29 is 4.74 Å². The van der Waals surface area contributed by atoms with Gasteiger partial charge in [0.1, 0.15) is 0 Å². The molecule has 0 aliphatic heterocycles. The van der Waals surface area contributed by atoms with Crippen LogP contribution in [0.1, 0.15) is 0 Å². The maximum absolute atomic E-state index is 12.3. The van der Waals surface area contributed by atoms with Gasteiger partial charge in [-0.1, -0.05) is 0 Å². The van der Waals surface area contributed by atoms with Crippen LogP contribution in [0.3, 0.4) is 0 Å². The summed E-state index contributed by atoms with van der Waals surface area (Å²) >= 11 is -0.0261. The molecule has 3 rings (SSSR count). The summed E-state index contributed by atoms with van der Waals surface area (Å²) in [7, 11) is 1.59. The van der Waals surface area contributed by atoms with Crippen molar-refractivity contribution in [1.29, 1.82) is 0 Å². The molecule has 2 heterocycles. The van der Waals surface area contributed by atoms with Gasteiger partial charge in [-0.05, 0) is 0 Å². The first kappa shape index (κ1) is 11.3.